The lowest BCUT2D eigenvalue weighted by Crippen LogP contribution is -2.26. The molecule has 0 bridgehead atoms. The van der Waals surface area contributed by atoms with Gasteiger partial charge < -0.3 is 24.9 Å². The van der Waals surface area contributed by atoms with Gasteiger partial charge in [-0.2, -0.15) is 5.26 Å². The highest BCUT2D eigenvalue weighted by molar-refractivity contribution is 14.1. The van der Waals surface area contributed by atoms with E-state index in [0.29, 0.717) is 42.2 Å². The molecule has 3 aromatic carbocycles. The van der Waals surface area contributed by atoms with Crippen molar-refractivity contribution < 1.29 is 24.2 Å². The number of hydrogen-bond acceptors (Lipinski definition) is 5. The highest BCUT2D eigenvalue weighted by atomic mass is 127. The first-order valence-electron chi connectivity index (χ1n) is 12.3. The van der Waals surface area contributed by atoms with Gasteiger partial charge in [0.25, 0.3) is 5.91 Å². The number of carbonyl (C=O) groups is 2. The lowest BCUT2D eigenvalue weighted by molar-refractivity contribution is -0.117. The zero-order valence-electron chi connectivity index (χ0n) is 21.2. The van der Waals surface area contributed by atoms with Crippen LogP contribution in [-0.4, -0.2) is 35.1 Å². The molecule has 0 atom stereocenters. The minimum absolute atomic E-state index is 0.0219. The predicted octanol–water partition coefficient (Wildman–Crippen LogP) is 5.71. The first-order valence-corrected chi connectivity index (χ1v) is 13.3. The van der Waals surface area contributed by atoms with Crippen molar-refractivity contribution in [3.63, 3.8) is 0 Å². The molecule has 4 rings (SSSR count). The molecule has 0 saturated carbocycles. The Labute approximate surface area is 239 Å². The van der Waals surface area contributed by atoms with E-state index in [1.54, 1.807) is 30.3 Å². The van der Waals surface area contributed by atoms with Crippen LogP contribution in [0.4, 0.5) is 0 Å². The number of aromatic nitrogens is 1. The first kappa shape index (κ1) is 27.7. The lowest BCUT2D eigenvalue weighted by Gasteiger charge is -2.15. The minimum Gasteiger partial charge on any atom is -0.490 e. The molecule has 9 heteroatoms. The number of ether oxygens (including phenoxy) is 2. The maximum absolute atomic E-state index is 12.8. The van der Waals surface area contributed by atoms with Crippen LogP contribution in [0.5, 0.6) is 11.5 Å². The molecule has 8 nitrogen and oxygen atoms in total. The molecular weight excluding hydrogens is 609 g/mol. The maximum Gasteiger partial charge on any atom is 0.335 e. The number of fused-ring (bicyclic) bond motifs is 1. The van der Waals surface area contributed by atoms with Crippen LogP contribution < -0.4 is 14.8 Å². The molecule has 0 saturated heterocycles. The number of para-hydroxylation sites is 1. The normalized spacial score (nSPS) is 11.2. The molecule has 0 aliphatic heterocycles. The number of carboxylic acid groups (broad SMARTS) is 1. The van der Waals surface area contributed by atoms with Gasteiger partial charge in [0.1, 0.15) is 18.2 Å². The number of carbonyl (C=O) groups excluding carboxylic acids is 1. The van der Waals surface area contributed by atoms with Gasteiger partial charge in [0.2, 0.25) is 0 Å². The number of benzene rings is 3. The summed E-state index contributed by atoms with van der Waals surface area (Å²) < 4.78 is 12.5. The second-order valence-electron chi connectivity index (χ2n) is 8.59. The highest BCUT2D eigenvalue weighted by Crippen LogP contribution is 2.35. The average molecular weight is 635 g/mol. The molecule has 1 amide bonds. The van der Waals surface area contributed by atoms with E-state index in [4.69, 9.17) is 9.47 Å². The van der Waals surface area contributed by atoms with E-state index in [1.165, 1.54) is 12.1 Å². The molecular formula is C30H26IN3O5. The second-order valence-corrected chi connectivity index (χ2v) is 9.75. The third-order valence-corrected chi connectivity index (χ3v) is 6.72. The third kappa shape index (κ3) is 6.97. The number of H-pyrrole nitrogens is 1. The van der Waals surface area contributed by atoms with Crippen molar-refractivity contribution in [3.8, 4) is 17.6 Å². The Morgan fingerprint density at radius 3 is 2.72 bits per heavy atom. The average Bonchev–Trinajstić information content (AvgIpc) is 3.34. The summed E-state index contributed by atoms with van der Waals surface area (Å²) in [6.07, 6.45) is 4.08. The van der Waals surface area contributed by atoms with E-state index in [1.807, 2.05) is 43.5 Å². The van der Waals surface area contributed by atoms with E-state index in [2.05, 4.69) is 32.9 Å². The molecule has 39 heavy (non-hydrogen) atoms. The Kier molecular flexibility index (Phi) is 9.22. The van der Waals surface area contributed by atoms with Crippen LogP contribution in [0.25, 0.3) is 17.0 Å². The van der Waals surface area contributed by atoms with Crippen LogP contribution in [-0.2, 0) is 17.8 Å². The summed E-state index contributed by atoms with van der Waals surface area (Å²) >= 11 is 2.11. The zero-order chi connectivity index (χ0) is 27.8. The molecule has 0 radical (unpaired) electrons. The van der Waals surface area contributed by atoms with Gasteiger partial charge in [-0.1, -0.05) is 30.3 Å². The van der Waals surface area contributed by atoms with Crippen molar-refractivity contribution in [2.24, 2.45) is 0 Å². The van der Waals surface area contributed by atoms with Crippen molar-refractivity contribution in [2.45, 2.75) is 20.0 Å². The molecule has 198 valence electrons. The first-order chi connectivity index (χ1) is 18.9. The van der Waals surface area contributed by atoms with Gasteiger partial charge in [0.05, 0.1) is 15.7 Å². The van der Waals surface area contributed by atoms with E-state index in [9.17, 15) is 20.0 Å². The summed E-state index contributed by atoms with van der Waals surface area (Å²) in [5.74, 6) is -0.504. The summed E-state index contributed by atoms with van der Waals surface area (Å²) in [6.45, 7) is 2.76. The fourth-order valence-corrected chi connectivity index (χ4v) is 4.86. The fraction of sp³-hybridized carbons (Fsp3) is 0.167. The number of nitriles is 1. The highest BCUT2D eigenvalue weighted by Gasteiger charge is 2.15. The van der Waals surface area contributed by atoms with Crippen LogP contribution >= 0.6 is 22.6 Å². The van der Waals surface area contributed by atoms with Crippen LogP contribution in [0.1, 0.15) is 34.0 Å². The lowest BCUT2D eigenvalue weighted by atomic mass is 10.1. The topological polar surface area (TPSA) is 124 Å². The zero-order valence-corrected chi connectivity index (χ0v) is 23.3. The number of carboxylic acids is 1. The maximum atomic E-state index is 12.8. The molecule has 0 aliphatic carbocycles. The van der Waals surface area contributed by atoms with E-state index in [-0.39, 0.29) is 17.7 Å². The summed E-state index contributed by atoms with van der Waals surface area (Å²) in [5, 5.41) is 22.8. The third-order valence-electron chi connectivity index (χ3n) is 5.92. The van der Waals surface area contributed by atoms with Gasteiger partial charge in [-0.05, 0) is 89.0 Å². The molecule has 0 fully saturated rings. The summed E-state index contributed by atoms with van der Waals surface area (Å²) in [6, 6.07) is 20.0. The standard InChI is InChI=1S/C30H26IN3O5/c1-2-38-27-15-20(14-25(31)28(27)39-18-19-6-5-7-21(12-19)30(36)37)13-23(16-32)29(35)33-11-10-22-17-34-26-9-4-3-8-24(22)26/h3-9,12-15,17,34H,2,10-11,18H2,1H3,(H,33,35)(H,36,37)/b23-13-. The van der Waals surface area contributed by atoms with Crippen molar-refractivity contribution in [3.05, 3.63) is 98.3 Å². The number of nitrogens with one attached hydrogen (secondary N) is 2. The van der Waals surface area contributed by atoms with Gasteiger partial charge >= 0.3 is 5.97 Å². The number of hydrogen-bond donors (Lipinski definition) is 3. The fourth-order valence-electron chi connectivity index (χ4n) is 4.08. The van der Waals surface area contributed by atoms with Crippen molar-refractivity contribution in [2.75, 3.05) is 13.2 Å². The van der Waals surface area contributed by atoms with Crippen molar-refractivity contribution >= 4 is 51.4 Å². The second kappa shape index (κ2) is 13.0. The van der Waals surface area contributed by atoms with Crippen LogP contribution in [0.2, 0.25) is 0 Å². The Morgan fingerprint density at radius 1 is 1.13 bits per heavy atom. The minimum atomic E-state index is -1.01. The summed E-state index contributed by atoms with van der Waals surface area (Å²) in [5.41, 5.74) is 3.61. The Hall–Kier alpha value is -4.30. The Morgan fingerprint density at radius 2 is 1.95 bits per heavy atom. The van der Waals surface area contributed by atoms with Gasteiger partial charge in [-0.3, -0.25) is 4.79 Å². The van der Waals surface area contributed by atoms with Crippen molar-refractivity contribution in [1.29, 1.82) is 5.26 Å². The number of rotatable bonds is 11. The van der Waals surface area contributed by atoms with E-state index < -0.39 is 11.9 Å². The molecule has 1 heterocycles. The van der Waals surface area contributed by atoms with Gasteiger partial charge in [0, 0.05) is 23.6 Å². The van der Waals surface area contributed by atoms with E-state index in [0.717, 1.165) is 20.0 Å². The van der Waals surface area contributed by atoms with Crippen LogP contribution in [0.3, 0.4) is 0 Å². The molecule has 4 aromatic rings. The Balaban J connectivity index is 1.46. The number of aromatic amines is 1. The molecule has 3 N–H and O–H groups in total. The molecule has 0 aliphatic rings. The molecule has 1 aromatic heterocycles. The smallest absolute Gasteiger partial charge is 0.335 e. The van der Waals surface area contributed by atoms with Crippen LogP contribution in [0, 0.1) is 14.9 Å². The quantitative estimate of drug-likeness (QED) is 0.110. The molecule has 0 spiro atoms. The van der Waals surface area contributed by atoms with Crippen LogP contribution in [0.15, 0.2) is 72.4 Å². The van der Waals surface area contributed by atoms with Gasteiger partial charge in [-0.25, -0.2) is 4.79 Å². The summed E-state index contributed by atoms with van der Waals surface area (Å²) in [4.78, 5) is 27.2. The number of nitrogens with zero attached hydrogens (tertiary/aromatic N) is 1. The number of aromatic carboxylic acids is 1. The largest absolute Gasteiger partial charge is 0.490 e. The van der Waals surface area contributed by atoms with Crippen molar-refractivity contribution in [1.82, 2.24) is 10.3 Å². The monoisotopic (exact) mass is 635 g/mol. The number of amides is 1. The Bertz CT molecular complexity index is 1590. The van der Waals surface area contributed by atoms with E-state index >= 15 is 0 Å². The van der Waals surface area contributed by atoms with Gasteiger partial charge in [-0.15, -0.1) is 0 Å². The molecule has 0 unspecified atom stereocenters. The summed E-state index contributed by atoms with van der Waals surface area (Å²) in [7, 11) is 0. The van der Waals surface area contributed by atoms with Gasteiger partial charge in [0.15, 0.2) is 11.5 Å². The number of halogens is 1. The predicted molar refractivity (Wildman–Crippen MR) is 157 cm³/mol. The SMILES string of the molecule is CCOc1cc(/C=C(/C#N)C(=O)NCCc2c[nH]c3ccccc23)cc(I)c1OCc1cccc(C(=O)O)c1.